The summed E-state index contributed by atoms with van der Waals surface area (Å²) >= 11 is 0. The average molecular weight is 513 g/mol. The molecule has 5 heterocycles. The predicted molar refractivity (Wildman–Crippen MR) is 137 cm³/mol. The molecule has 2 bridgehead atoms. The fraction of sp³-hybridized carbons (Fsp3) is 0.444. The number of nitrogens with zero attached hydrogens (tertiary/aromatic N) is 2. The molecule has 0 unspecified atom stereocenters. The Morgan fingerprint density at radius 2 is 2.00 bits per heavy atom. The Kier molecular flexibility index (Phi) is 6.61. The highest BCUT2D eigenvalue weighted by Crippen LogP contribution is 2.46. The Labute approximate surface area is 215 Å². The van der Waals surface area contributed by atoms with Crippen LogP contribution in [0.3, 0.4) is 0 Å². The van der Waals surface area contributed by atoms with E-state index in [1.165, 1.54) is 6.20 Å². The third-order valence-electron chi connectivity index (χ3n) is 7.86. The molecule has 190 valence electrons. The number of pyridine rings is 2. The first kappa shape index (κ1) is 24.9. The van der Waals surface area contributed by atoms with Crippen LogP contribution in [0, 0.1) is 12.7 Å². The molecule has 1 amide bonds. The zero-order valence-electron chi connectivity index (χ0n) is 20.2. The van der Waals surface area contributed by atoms with Gasteiger partial charge in [0.15, 0.2) is 18.2 Å². The summed E-state index contributed by atoms with van der Waals surface area (Å²) in [5.74, 6) is 0.657. The third-order valence-corrected chi connectivity index (χ3v) is 7.86. The van der Waals surface area contributed by atoms with Crippen LogP contribution in [-0.2, 0) is 22.5 Å². The number of ether oxygens (including phenoxy) is 2. The van der Waals surface area contributed by atoms with E-state index in [1.807, 2.05) is 37.3 Å². The van der Waals surface area contributed by atoms with Crippen molar-refractivity contribution in [1.82, 2.24) is 15.3 Å². The number of rotatable bonds is 6. The summed E-state index contributed by atoms with van der Waals surface area (Å²) in [6.45, 7) is 3.27. The van der Waals surface area contributed by atoms with Gasteiger partial charge in [0.1, 0.15) is 5.82 Å². The molecule has 9 heteroatoms. The smallest absolute Gasteiger partial charge is 0.263 e. The van der Waals surface area contributed by atoms with Gasteiger partial charge in [0.2, 0.25) is 0 Å². The highest BCUT2D eigenvalue weighted by Gasteiger charge is 2.49. The monoisotopic (exact) mass is 512 g/mol. The molecule has 3 aromatic rings. The van der Waals surface area contributed by atoms with E-state index in [1.54, 1.807) is 0 Å². The Morgan fingerprint density at radius 3 is 2.78 bits per heavy atom. The number of carbonyl (C=O) groups excluding carboxylic acids is 1. The minimum absolute atomic E-state index is 0. The molecule has 4 aliphatic rings. The molecule has 1 aliphatic carbocycles. The second-order valence-corrected chi connectivity index (χ2v) is 10.2. The molecular formula is C27H30ClFN4O3. The highest BCUT2D eigenvalue weighted by atomic mass is 35.5. The number of hydrogen-bond acceptors (Lipinski definition) is 6. The van der Waals surface area contributed by atoms with Crippen LogP contribution in [0.4, 0.5) is 10.2 Å². The summed E-state index contributed by atoms with van der Waals surface area (Å²) in [4.78, 5) is 20.4. The molecule has 7 rings (SSSR count). The minimum atomic E-state index is -0.235. The van der Waals surface area contributed by atoms with E-state index in [0.717, 1.165) is 59.8 Å². The number of anilines is 1. The number of carbonyl (C=O) groups is 1. The molecular weight excluding hydrogens is 483 g/mol. The van der Waals surface area contributed by atoms with E-state index in [9.17, 15) is 9.18 Å². The lowest BCUT2D eigenvalue weighted by molar-refractivity contribution is -0.165. The molecule has 36 heavy (non-hydrogen) atoms. The van der Waals surface area contributed by atoms with Crippen molar-refractivity contribution in [1.29, 1.82) is 0 Å². The summed E-state index contributed by atoms with van der Waals surface area (Å²) in [6, 6.07) is 9.77. The van der Waals surface area contributed by atoms with Crippen molar-refractivity contribution < 1.29 is 18.7 Å². The van der Waals surface area contributed by atoms with Crippen molar-refractivity contribution in [2.75, 3.05) is 18.5 Å². The van der Waals surface area contributed by atoms with Crippen LogP contribution < -0.4 is 15.4 Å². The van der Waals surface area contributed by atoms with Crippen molar-refractivity contribution in [2.24, 2.45) is 0 Å². The molecule has 0 radical (unpaired) electrons. The van der Waals surface area contributed by atoms with Gasteiger partial charge < -0.3 is 20.1 Å². The predicted octanol–water partition coefficient (Wildman–Crippen LogP) is 4.63. The molecule has 3 aliphatic heterocycles. The number of nitrogens with one attached hydrogen (secondary N) is 2. The number of benzene rings is 1. The molecule has 0 atom stereocenters. The van der Waals surface area contributed by atoms with Gasteiger partial charge in [-0.15, -0.1) is 12.4 Å². The maximum atomic E-state index is 14.7. The van der Waals surface area contributed by atoms with Gasteiger partial charge >= 0.3 is 0 Å². The summed E-state index contributed by atoms with van der Waals surface area (Å²) in [7, 11) is 0. The maximum absolute atomic E-state index is 14.7. The molecule has 2 aromatic heterocycles. The second kappa shape index (κ2) is 9.57. The number of amides is 1. The van der Waals surface area contributed by atoms with Crippen LogP contribution in [0.15, 0.2) is 36.5 Å². The van der Waals surface area contributed by atoms with Crippen LogP contribution in [0.2, 0.25) is 0 Å². The molecule has 7 nitrogen and oxygen atoms in total. The van der Waals surface area contributed by atoms with Crippen LogP contribution in [0.25, 0.3) is 10.9 Å². The standard InChI is InChI=1S/C27H29FN4O3.ClH/c1-17-2-4-22-20(12-17)19(21(28)14-29-22)6-7-27-10-8-26(9-11-27,16-35-27)30-13-18-3-5-23-25(31-18)32-24(33)15-34-23;/h2-5,12,14,30H,6-11,13,15-16H2,1H3,(H,31,32,33);1H. The third kappa shape index (κ3) is 4.65. The van der Waals surface area contributed by atoms with Gasteiger partial charge in [-0.05, 0) is 75.3 Å². The molecule has 3 fully saturated rings. The second-order valence-electron chi connectivity index (χ2n) is 10.2. The molecule has 1 aromatic carbocycles. The molecule has 2 N–H and O–H groups in total. The first-order valence-electron chi connectivity index (χ1n) is 12.3. The van der Waals surface area contributed by atoms with Crippen molar-refractivity contribution >= 4 is 35.0 Å². The van der Waals surface area contributed by atoms with Crippen molar-refractivity contribution in [2.45, 2.75) is 63.1 Å². The van der Waals surface area contributed by atoms with Crippen molar-refractivity contribution in [3.05, 3.63) is 59.2 Å². The zero-order valence-corrected chi connectivity index (χ0v) is 21.0. The fourth-order valence-electron chi connectivity index (χ4n) is 5.64. The lowest BCUT2D eigenvalue weighted by Crippen LogP contribution is -2.61. The van der Waals surface area contributed by atoms with E-state index in [2.05, 4.69) is 20.6 Å². The topological polar surface area (TPSA) is 85.4 Å². The highest BCUT2D eigenvalue weighted by molar-refractivity contribution is 5.94. The Bertz CT molecular complexity index is 1290. The summed E-state index contributed by atoms with van der Waals surface area (Å²) in [5, 5.41) is 7.35. The van der Waals surface area contributed by atoms with E-state index in [4.69, 9.17) is 9.47 Å². The van der Waals surface area contributed by atoms with Gasteiger partial charge in [-0.1, -0.05) is 11.6 Å². The fourth-order valence-corrected chi connectivity index (χ4v) is 5.64. The van der Waals surface area contributed by atoms with E-state index >= 15 is 0 Å². The molecule has 2 saturated heterocycles. The minimum Gasteiger partial charge on any atom is -0.480 e. The largest absolute Gasteiger partial charge is 0.480 e. The van der Waals surface area contributed by atoms with Gasteiger partial charge in [-0.25, -0.2) is 9.37 Å². The van der Waals surface area contributed by atoms with Crippen molar-refractivity contribution in [3.63, 3.8) is 0 Å². The number of aromatic nitrogens is 2. The van der Waals surface area contributed by atoms with E-state index < -0.39 is 0 Å². The van der Waals surface area contributed by atoms with Gasteiger partial charge in [0.25, 0.3) is 5.91 Å². The number of halogens is 2. The SMILES string of the molecule is Cc1ccc2ncc(F)c(CCC34CCC(NCc5ccc6c(n5)NC(=O)CO6)(CC3)CO4)c2c1.Cl. The van der Waals surface area contributed by atoms with Gasteiger partial charge in [-0.3, -0.25) is 9.78 Å². The normalized spacial score (nSPS) is 24.6. The summed E-state index contributed by atoms with van der Waals surface area (Å²) in [5.41, 5.74) is 3.26. The van der Waals surface area contributed by atoms with Crippen LogP contribution in [0.1, 0.15) is 48.9 Å². The first-order valence-corrected chi connectivity index (χ1v) is 12.3. The quantitative estimate of drug-likeness (QED) is 0.500. The summed E-state index contributed by atoms with van der Waals surface area (Å²) in [6.07, 6.45) is 6.71. The van der Waals surface area contributed by atoms with Crippen LogP contribution in [-0.4, -0.2) is 40.2 Å². The molecule has 0 spiro atoms. The van der Waals surface area contributed by atoms with Gasteiger partial charge in [0.05, 0.1) is 29.6 Å². The van der Waals surface area contributed by atoms with Crippen LogP contribution in [0.5, 0.6) is 5.75 Å². The molecule has 1 saturated carbocycles. The van der Waals surface area contributed by atoms with E-state index in [-0.39, 0.29) is 41.9 Å². The lowest BCUT2D eigenvalue weighted by Gasteiger charge is -2.53. The lowest BCUT2D eigenvalue weighted by atomic mass is 9.69. The summed E-state index contributed by atoms with van der Waals surface area (Å²) < 4.78 is 26.6. The number of hydrogen-bond donors (Lipinski definition) is 2. The zero-order chi connectivity index (χ0) is 24.0. The van der Waals surface area contributed by atoms with E-state index in [0.29, 0.717) is 31.1 Å². The Morgan fingerprint density at radius 1 is 1.17 bits per heavy atom. The van der Waals surface area contributed by atoms with Crippen molar-refractivity contribution in [3.8, 4) is 5.75 Å². The van der Waals surface area contributed by atoms with Gasteiger partial charge in [-0.2, -0.15) is 0 Å². The average Bonchev–Trinajstić information content (AvgIpc) is 2.88. The number of fused-ring (bicyclic) bond motifs is 5. The van der Waals surface area contributed by atoms with Crippen LogP contribution >= 0.6 is 12.4 Å². The first-order chi connectivity index (χ1) is 16.9. The number of aryl methyl sites for hydroxylation is 2. The maximum Gasteiger partial charge on any atom is 0.263 e. The Balaban J connectivity index is 0.00000267. The Hall–Kier alpha value is -2.81. The van der Waals surface area contributed by atoms with Gasteiger partial charge in [0, 0.05) is 17.5 Å².